The minimum atomic E-state index is -1.35. The van der Waals surface area contributed by atoms with Crippen molar-refractivity contribution in [1.82, 2.24) is 20.6 Å². The maximum Gasteiger partial charge on any atom is 0.326 e. The summed E-state index contributed by atoms with van der Waals surface area (Å²) in [5, 5.41) is 23.2. The first kappa shape index (κ1) is 22.9. The normalized spacial score (nSPS) is 13.8. The second-order valence-electron chi connectivity index (χ2n) is 5.98. The number of H-pyrrole nitrogens is 1. The zero-order valence-electron chi connectivity index (χ0n) is 15.2. The number of carboxylic acids is 1. The lowest BCUT2D eigenvalue weighted by molar-refractivity contribution is -0.142. The third-order valence-electron chi connectivity index (χ3n) is 3.71. The van der Waals surface area contributed by atoms with E-state index in [-0.39, 0.29) is 18.8 Å². The third-order valence-corrected chi connectivity index (χ3v) is 3.71. The van der Waals surface area contributed by atoms with Gasteiger partial charge in [0.05, 0.1) is 19.0 Å². The summed E-state index contributed by atoms with van der Waals surface area (Å²) in [5.41, 5.74) is 16.6. The third kappa shape index (κ3) is 8.01. The van der Waals surface area contributed by atoms with Gasteiger partial charge in [0.2, 0.25) is 11.8 Å². The summed E-state index contributed by atoms with van der Waals surface area (Å²) in [6.45, 7) is -0.435. The molecular formula is C15H26N8O5. The van der Waals surface area contributed by atoms with Crippen molar-refractivity contribution in [3.05, 3.63) is 18.2 Å². The lowest BCUT2D eigenvalue weighted by atomic mass is 10.1. The lowest BCUT2D eigenvalue weighted by Crippen LogP contribution is -2.56. The van der Waals surface area contributed by atoms with Gasteiger partial charge in [-0.25, -0.2) is 9.78 Å². The van der Waals surface area contributed by atoms with E-state index in [0.717, 1.165) is 0 Å². The Morgan fingerprint density at radius 2 is 1.89 bits per heavy atom. The van der Waals surface area contributed by atoms with Crippen molar-refractivity contribution in [3.63, 3.8) is 0 Å². The molecule has 1 aromatic rings. The number of nitrogens with two attached hydrogens (primary N) is 3. The Morgan fingerprint density at radius 1 is 1.21 bits per heavy atom. The zero-order valence-corrected chi connectivity index (χ0v) is 15.2. The van der Waals surface area contributed by atoms with Gasteiger partial charge in [-0.2, -0.15) is 0 Å². The molecule has 1 aromatic heterocycles. The highest BCUT2D eigenvalue weighted by atomic mass is 16.4. The molecular weight excluding hydrogens is 372 g/mol. The number of carbonyl (C=O) groups is 3. The maximum atomic E-state index is 12.2. The van der Waals surface area contributed by atoms with Crippen LogP contribution in [0.5, 0.6) is 0 Å². The monoisotopic (exact) mass is 398 g/mol. The molecule has 28 heavy (non-hydrogen) atoms. The molecule has 1 heterocycles. The van der Waals surface area contributed by atoms with Crippen LogP contribution in [0.25, 0.3) is 0 Å². The Bertz CT molecular complexity index is 674. The molecule has 0 spiro atoms. The van der Waals surface area contributed by atoms with Crippen LogP contribution in [0, 0.1) is 0 Å². The summed E-state index contributed by atoms with van der Waals surface area (Å²) >= 11 is 0. The SMILES string of the molecule is NC(N)=NCCC[C@H](N)C(=O)N[C@@H](CO)C(=O)N[C@@H](Cc1cnc[nH]1)C(=O)O. The number of aliphatic hydroxyl groups excluding tert-OH is 1. The Kier molecular flexibility index (Phi) is 9.39. The van der Waals surface area contributed by atoms with Gasteiger partial charge in [-0.3, -0.25) is 14.6 Å². The average molecular weight is 398 g/mol. The van der Waals surface area contributed by atoms with E-state index in [4.69, 9.17) is 17.2 Å². The average Bonchev–Trinajstić information content (AvgIpc) is 3.14. The van der Waals surface area contributed by atoms with Gasteiger partial charge in [0.1, 0.15) is 12.1 Å². The highest BCUT2D eigenvalue weighted by Gasteiger charge is 2.27. The van der Waals surface area contributed by atoms with E-state index in [1.165, 1.54) is 12.5 Å². The number of hydrogen-bond acceptors (Lipinski definition) is 7. The molecule has 0 aromatic carbocycles. The molecule has 0 saturated heterocycles. The van der Waals surface area contributed by atoms with Gasteiger partial charge in [0, 0.05) is 24.9 Å². The second-order valence-corrected chi connectivity index (χ2v) is 5.98. The number of aliphatic carboxylic acids is 1. The molecule has 13 heteroatoms. The van der Waals surface area contributed by atoms with Crippen LogP contribution < -0.4 is 27.8 Å². The van der Waals surface area contributed by atoms with Crippen LogP contribution in [0.2, 0.25) is 0 Å². The summed E-state index contributed by atoms with van der Waals surface area (Å²) in [4.78, 5) is 45.9. The van der Waals surface area contributed by atoms with Gasteiger partial charge >= 0.3 is 5.97 Å². The number of aromatic nitrogens is 2. The van der Waals surface area contributed by atoms with Crippen molar-refractivity contribution in [3.8, 4) is 0 Å². The largest absolute Gasteiger partial charge is 0.480 e. The van der Waals surface area contributed by atoms with Crippen LogP contribution in [-0.2, 0) is 20.8 Å². The summed E-state index contributed by atoms with van der Waals surface area (Å²) < 4.78 is 0. The van der Waals surface area contributed by atoms with Crippen molar-refractivity contribution >= 4 is 23.7 Å². The van der Waals surface area contributed by atoms with Crippen molar-refractivity contribution in [2.75, 3.05) is 13.2 Å². The van der Waals surface area contributed by atoms with Crippen molar-refractivity contribution in [2.24, 2.45) is 22.2 Å². The summed E-state index contributed by atoms with van der Waals surface area (Å²) in [7, 11) is 0. The minimum absolute atomic E-state index is 0.0442. The first-order valence-corrected chi connectivity index (χ1v) is 8.47. The van der Waals surface area contributed by atoms with E-state index in [2.05, 4.69) is 25.6 Å². The number of aliphatic imine (C=N–C) groups is 1. The minimum Gasteiger partial charge on any atom is -0.480 e. The number of carbonyl (C=O) groups excluding carboxylic acids is 2. The summed E-state index contributed by atoms with van der Waals surface area (Å²) in [6, 6.07) is -3.57. The quantitative estimate of drug-likeness (QED) is 0.0983. The molecule has 13 nitrogen and oxygen atoms in total. The van der Waals surface area contributed by atoms with Crippen LogP contribution in [0.4, 0.5) is 0 Å². The van der Waals surface area contributed by atoms with Crippen LogP contribution >= 0.6 is 0 Å². The number of nitrogens with zero attached hydrogens (tertiary/aromatic N) is 2. The standard InChI is InChI=1S/C15H26N8O5/c16-9(2-1-3-20-15(17)18)12(25)23-11(6-24)13(26)22-10(14(27)28)4-8-5-19-7-21-8/h5,7,9-11,24H,1-4,6,16H2,(H,19,21)(H,22,26)(H,23,25)(H,27,28)(H4,17,18,20)/t9-,10-,11-/m0/s1. The van der Waals surface area contributed by atoms with Crippen LogP contribution in [0.1, 0.15) is 18.5 Å². The number of amides is 2. The molecule has 0 saturated carbocycles. The molecule has 0 fully saturated rings. The van der Waals surface area contributed by atoms with Gasteiger partial charge in [0.15, 0.2) is 5.96 Å². The van der Waals surface area contributed by atoms with Gasteiger partial charge in [0.25, 0.3) is 0 Å². The lowest BCUT2D eigenvalue weighted by Gasteiger charge is -2.21. The van der Waals surface area contributed by atoms with Gasteiger partial charge in [-0.15, -0.1) is 0 Å². The van der Waals surface area contributed by atoms with E-state index < -0.39 is 42.5 Å². The molecule has 0 aliphatic carbocycles. The Morgan fingerprint density at radius 3 is 2.43 bits per heavy atom. The number of nitrogens with one attached hydrogen (secondary N) is 3. The summed E-state index contributed by atoms with van der Waals surface area (Å²) in [6.07, 6.45) is 3.45. The molecule has 1 rings (SSSR count). The first-order chi connectivity index (χ1) is 13.2. The number of aromatic amines is 1. The first-order valence-electron chi connectivity index (χ1n) is 8.47. The van der Waals surface area contributed by atoms with Crippen molar-refractivity contribution in [2.45, 2.75) is 37.4 Å². The highest BCUT2D eigenvalue weighted by Crippen LogP contribution is 2.01. The van der Waals surface area contributed by atoms with Crippen LogP contribution in [0.15, 0.2) is 17.5 Å². The second kappa shape index (κ2) is 11.5. The number of rotatable bonds is 12. The molecule has 0 bridgehead atoms. The van der Waals surface area contributed by atoms with E-state index >= 15 is 0 Å². The van der Waals surface area contributed by atoms with Crippen LogP contribution in [0.3, 0.4) is 0 Å². The van der Waals surface area contributed by atoms with Crippen molar-refractivity contribution < 1.29 is 24.6 Å². The topological polar surface area (TPSA) is 235 Å². The number of hydrogen-bond donors (Lipinski definition) is 8. The highest BCUT2D eigenvalue weighted by molar-refractivity contribution is 5.91. The van der Waals surface area contributed by atoms with E-state index in [1.54, 1.807) is 0 Å². The number of aliphatic hydroxyl groups is 1. The van der Waals surface area contributed by atoms with Gasteiger partial charge in [-0.05, 0) is 12.8 Å². The predicted octanol–water partition coefficient (Wildman–Crippen LogP) is -3.62. The Balaban J connectivity index is 2.57. The van der Waals surface area contributed by atoms with Gasteiger partial charge in [-0.1, -0.05) is 0 Å². The van der Waals surface area contributed by atoms with E-state index in [9.17, 15) is 24.6 Å². The van der Waals surface area contributed by atoms with Crippen LogP contribution in [-0.4, -0.2) is 75.2 Å². The molecule has 156 valence electrons. The fourth-order valence-corrected chi connectivity index (χ4v) is 2.21. The Hall–Kier alpha value is -3.19. The predicted molar refractivity (Wildman–Crippen MR) is 98.8 cm³/mol. The van der Waals surface area contributed by atoms with Gasteiger partial charge < -0.3 is 43.0 Å². The molecule has 3 atom stereocenters. The zero-order chi connectivity index (χ0) is 21.1. The molecule has 2 amide bonds. The molecule has 0 unspecified atom stereocenters. The smallest absolute Gasteiger partial charge is 0.326 e. The number of carboxylic acid groups (broad SMARTS) is 1. The molecule has 11 N–H and O–H groups in total. The fourth-order valence-electron chi connectivity index (χ4n) is 2.21. The number of guanidine groups is 1. The van der Waals surface area contributed by atoms with Crippen molar-refractivity contribution in [1.29, 1.82) is 0 Å². The van der Waals surface area contributed by atoms with E-state index in [1.807, 2.05) is 0 Å². The molecule has 0 radical (unpaired) electrons. The van der Waals surface area contributed by atoms with E-state index in [0.29, 0.717) is 18.7 Å². The molecule has 0 aliphatic rings. The fraction of sp³-hybridized carbons (Fsp3) is 0.533. The summed E-state index contributed by atoms with van der Waals surface area (Å²) in [5.74, 6) is -2.87. The molecule has 0 aliphatic heterocycles. The maximum absolute atomic E-state index is 12.2. The Labute approximate surface area is 160 Å². The number of imidazole rings is 1.